The maximum absolute atomic E-state index is 11.1. The Morgan fingerprint density at radius 2 is 1.84 bits per heavy atom. The summed E-state index contributed by atoms with van der Waals surface area (Å²) in [6.07, 6.45) is 1.09. The molecule has 3 nitrogen and oxygen atoms in total. The maximum atomic E-state index is 11.1. The van der Waals surface area contributed by atoms with E-state index in [1.165, 1.54) is 11.1 Å². The molecule has 0 saturated carbocycles. The number of rotatable bonds is 6. The molecule has 0 aliphatic carbocycles. The van der Waals surface area contributed by atoms with Gasteiger partial charge in [-0.05, 0) is 23.5 Å². The minimum Gasteiger partial charge on any atom is -0.387 e. The van der Waals surface area contributed by atoms with Gasteiger partial charge in [-0.1, -0.05) is 52.0 Å². The van der Waals surface area contributed by atoms with Crippen LogP contribution in [0.5, 0.6) is 0 Å². The van der Waals surface area contributed by atoms with Crippen LogP contribution in [0.15, 0.2) is 24.3 Å². The molecule has 0 aromatic heterocycles. The first-order valence-corrected chi connectivity index (χ1v) is 6.82. The van der Waals surface area contributed by atoms with Crippen molar-refractivity contribution in [2.75, 3.05) is 13.2 Å². The molecule has 0 atom stereocenters. The fourth-order valence-corrected chi connectivity index (χ4v) is 2.04. The molecular formula is C16H25NO2. The van der Waals surface area contributed by atoms with E-state index in [9.17, 15) is 4.79 Å². The molecule has 0 unspecified atom stereocenters. The van der Waals surface area contributed by atoms with Crippen LogP contribution in [0.2, 0.25) is 0 Å². The van der Waals surface area contributed by atoms with Gasteiger partial charge in [-0.25, -0.2) is 0 Å². The molecule has 0 fully saturated rings. The summed E-state index contributed by atoms with van der Waals surface area (Å²) in [5.41, 5.74) is 2.40. The van der Waals surface area contributed by atoms with Crippen LogP contribution in [0.3, 0.4) is 0 Å². The van der Waals surface area contributed by atoms with E-state index in [4.69, 9.17) is 5.11 Å². The summed E-state index contributed by atoms with van der Waals surface area (Å²) in [6.45, 7) is 8.66. The molecule has 1 aromatic carbocycles. The predicted octanol–water partition coefficient (Wildman–Crippen LogP) is 2.27. The summed E-state index contributed by atoms with van der Waals surface area (Å²) in [4.78, 5) is 11.1. The van der Waals surface area contributed by atoms with Gasteiger partial charge in [0.25, 0.3) is 0 Å². The molecule has 1 amide bonds. The van der Waals surface area contributed by atoms with E-state index in [0.717, 1.165) is 6.42 Å². The van der Waals surface area contributed by atoms with Gasteiger partial charge in [-0.2, -0.15) is 0 Å². The van der Waals surface area contributed by atoms with Gasteiger partial charge in [-0.15, -0.1) is 0 Å². The molecule has 3 heteroatoms. The lowest BCUT2D eigenvalue weighted by atomic mass is 9.84. The Morgan fingerprint density at radius 1 is 1.26 bits per heavy atom. The molecule has 0 saturated heterocycles. The second-order valence-electron chi connectivity index (χ2n) is 6.11. The van der Waals surface area contributed by atoms with Gasteiger partial charge in [0.1, 0.15) is 6.61 Å². The molecular weight excluding hydrogens is 238 g/mol. The van der Waals surface area contributed by atoms with E-state index in [1.54, 1.807) is 0 Å². The number of hydrogen-bond donors (Lipinski definition) is 2. The first kappa shape index (κ1) is 15.7. The first-order chi connectivity index (χ1) is 8.85. The molecule has 19 heavy (non-hydrogen) atoms. The molecule has 0 spiro atoms. The normalized spacial score (nSPS) is 11.7. The number of aliphatic hydroxyl groups is 1. The zero-order valence-electron chi connectivity index (χ0n) is 12.4. The number of aliphatic hydroxyl groups excluding tert-OH is 1. The highest BCUT2D eigenvalue weighted by molar-refractivity contribution is 5.76. The second kappa shape index (κ2) is 6.71. The van der Waals surface area contributed by atoms with E-state index in [0.29, 0.717) is 12.5 Å². The van der Waals surface area contributed by atoms with Crippen LogP contribution < -0.4 is 5.32 Å². The number of nitrogens with one attached hydrogen (secondary N) is 1. The Hall–Kier alpha value is -1.35. The maximum Gasteiger partial charge on any atom is 0.245 e. The standard InChI is InChI=1S/C16H25NO2/c1-12(2)9-13-5-7-14(8-6-13)16(3,4)11-17-15(19)10-18/h5-8,12,18H,9-11H2,1-4H3,(H,17,19). The quantitative estimate of drug-likeness (QED) is 0.827. The lowest BCUT2D eigenvalue weighted by Gasteiger charge is -2.26. The summed E-state index contributed by atoms with van der Waals surface area (Å²) in [7, 11) is 0. The third-order valence-corrected chi connectivity index (χ3v) is 3.25. The molecule has 106 valence electrons. The van der Waals surface area contributed by atoms with Crippen molar-refractivity contribution >= 4 is 5.91 Å². The Morgan fingerprint density at radius 3 is 2.32 bits per heavy atom. The molecule has 1 aromatic rings. The second-order valence-corrected chi connectivity index (χ2v) is 6.11. The van der Waals surface area contributed by atoms with Crippen LogP contribution in [0, 0.1) is 5.92 Å². The Kier molecular flexibility index (Phi) is 5.55. The summed E-state index contributed by atoms with van der Waals surface area (Å²) < 4.78 is 0. The van der Waals surface area contributed by atoms with Crippen molar-refractivity contribution < 1.29 is 9.90 Å². The lowest BCUT2D eigenvalue weighted by molar-refractivity contribution is -0.124. The number of hydrogen-bond acceptors (Lipinski definition) is 2. The summed E-state index contributed by atoms with van der Waals surface area (Å²) in [5, 5.41) is 11.4. The van der Waals surface area contributed by atoms with Crippen LogP contribution >= 0.6 is 0 Å². The topological polar surface area (TPSA) is 49.3 Å². The van der Waals surface area contributed by atoms with Gasteiger partial charge in [0.05, 0.1) is 0 Å². The van der Waals surface area contributed by atoms with Crippen LogP contribution in [-0.2, 0) is 16.6 Å². The van der Waals surface area contributed by atoms with Crippen LogP contribution in [-0.4, -0.2) is 24.2 Å². The highest BCUT2D eigenvalue weighted by Gasteiger charge is 2.21. The van der Waals surface area contributed by atoms with Gasteiger partial charge in [0.15, 0.2) is 0 Å². The van der Waals surface area contributed by atoms with Gasteiger partial charge in [-0.3, -0.25) is 4.79 Å². The Labute approximate surface area is 116 Å². The Balaban J connectivity index is 2.70. The molecule has 0 heterocycles. The average molecular weight is 263 g/mol. The van der Waals surface area contributed by atoms with Crippen molar-refractivity contribution in [3.05, 3.63) is 35.4 Å². The smallest absolute Gasteiger partial charge is 0.245 e. The summed E-state index contributed by atoms with van der Waals surface area (Å²) in [6, 6.07) is 8.57. The molecule has 0 aliphatic heterocycles. The first-order valence-electron chi connectivity index (χ1n) is 6.82. The number of carbonyl (C=O) groups excluding carboxylic acids is 1. The fraction of sp³-hybridized carbons (Fsp3) is 0.562. The minimum atomic E-state index is -0.455. The third kappa shape index (κ3) is 5.03. The molecule has 0 radical (unpaired) electrons. The van der Waals surface area contributed by atoms with Crippen molar-refractivity contribution in [2.45, 2.75) is 39.5 Å². The summed E-state index contributed by atoms with van der Waals surface area (Å²) in [5.74, 6) is 0.326. The number of amides is 1. The number of benzene rings is 1. The molecule has 2 N–H and O–H groups in total. The van der Waals surface area contributed by atoms with Crippen LogP contribution in [0.4, 0.5) is 0 Å². The fourth-order valence-electron chi connectivity index (χ4n) is 2.04. The van der Waals surface area contributed by atoms with Crippen LogP contribution in [0.25, 0.3) is 0 Å². The summed E-state index contributed by atoms with van der Waals surface area (Å²) >= 11 is 0. The zero-order valence-corrected chi connectivity index (χ0v) is 12.4. The van der Waals surface area contributed by atoms with Gasteiger partial charge in [0.2, 0.25) is 5.91 Å². The van der Waals surface area contributed by atoms with Crippen molar-refractivity contribution in [2.24, 2.45) is 5.92 Å². The third-order valence-electron chi connectivity index (χ3n) is 3.25. The highest BCUT2D eigenvalue weighted by Crippen LogP contribution is 2.23. The molecule has 0 bridgehead atoms. The average Bonchev–Trinajstić information content (AvgIpc) is 2.36. The predicted molar refractivity (Wildman–Crippen MR) is 78.1 cm³/mol. The Bertz CT molecular complexity index is 407. The van der Waals surface area contributed by atoms with Crippen molar-refractivity contribution in [3.63, 3.8) is 0 Å². The van der Waals surface area contributed by atoms with E-state index < -0.39 is 6.61 Å². The van der Waals surface area contributed by atoms with E-state index in [-0.39, 0.29) is 11.3 Å². The van der Waals surface area contributed by atoms with Gasteiger partial charge < -0.3 is 10.4 Å². The largest absolute Gasteiger partial charge is 0.387 e. The van der Waals surface area contributed by atoms with E-state index in [2.05, 4.69) is 57.3 Å². The number of carbonyl (C=O) groups is 1. The van der Waals surface area contributed by atoms with E-state index in [1.807, 2.05) is 0 Å². The minimum absolute atomic E-state index is 0.138. The van der Waals surface area contributed by atoms with E-state index >= 15 is 0 Å². The molecule has 1 rings (SSSR count). The van der Waals surface area contributed by atoms with Crippen LogP contribution in [0.1, 0.15) is 38.8 Å². The van der Waals surface area contributed by atoms with Gasteiger partial charge in [0, 0.05) is 12.0 Å². The highest BCUT2D eigenvalue weighted by atomic mass is 16.3. The zero-order chi connectivity index (χ0) is 14.5. The van der Waals surface area contributed by atoms with Crippen molar-refractivity contribution in [1.82, 2.24) is 5.32 Å². The SMILES string of the molecule is CC(C)Cc1ccc(C(C)(C)CNC(=O)CO)cc1. The monoisotopic (exact) mass is 263 g/mol. The molecule has 0 aliphatic rings. The van der Waals surface area contributed by atoms with Crippen molar-refractivity contribution in [1.29, 1.82) is 0 Å². The lowest BCUT2D eigenvalue weighted by Crippen LogP contribution is -2.37. The van der Waals surface area contributed by atoms with Crippen molar-refractivity contribution in [3.8, 4) is 0 Å². The van der Waals surface area contributed by atoms with Gasteiger partial charge >= 0.3 is 0 Å².